The lowest BCUT2D eigenvalue weighted by molar-refractivity contribution is 0.0498. The summed E-state index contributed by atoms with van der Waals surface area (Å²) in [7, 11) is 0. The van der Waals surface area contributed by atoms with Crippen molar-refractivity contribution >= 4 is 11.4 Å². The van der Waals surface area contributed by atoms with Gasteiger partial charge in [-0.25, -0.2) is 0 Å². The summed E-state index contributed by atoms with van der Waals surface area (Å²) in [4.78, 5) is 12.6. The fraction of sp³-hybridized carbons (Fsp3) is 0.652. The summed E-state index contributed by atoms with van der Waals surface area (Å²) < 4.78 is 0. The average molecular weight is 382 g/mol. The van der Waals surface area contributed by atoms with Crippen molar-refractivity contribution in [2.45, 2.75) is 75.9 Å². The molecule has 0 aromatic heterocycles. The molecule has 0 amide bonds. The van der Waals surface area contributed by atoms with Crippen LogP contribution in [0.2, 0.25) is 0 Å². The molecule has 0 aromatic carbocycles. The zero-order valence-corrected chi connectivity index (χ0v) is 16.8. The predicted molar refractivity (Wildman–Crippen MR) is 111 cm³/mol. The third-order valence-electron chi connectivity index (χ3n) is 7.30. The van der Waals surface area contributed by atoms with Gasteiger partial charge < -0.3 is 15.1 Å². The largest absolute Gasteiger partial charge is 0.394 e. The highest BCUT2D eigenvalue weighted by atomic mass is 16.3. The summed E-state index contributed by atoms with van der Waals surface area (Å²) in [6.45, 7) is 1.44. The second-order valence-corrected chi connectivity index (χ2v) is 9.33. The summed E-state index contributed by atoms with van der Waals surface area (Å²) >= 11 is 0. The van der Waals surface area contributed by atoms with Crippen molar-refractivity contribution in [3.63, 3.8) is 0 Å². The number of aliphatic hydroxyl groups excluding tert-OH is 2. The topological polar surface area (TPSA) is 68.4 Å². The van der Waals surface area contributed by atoms with E-state index in [2.05, 4.69) is 22.0 Å². The SMILES string of the molecule is CC(CO)(CO)N=C1C=CC2=NC34CCCCC3CC3=C(CCCC3)N4C2=C1. The Morgan fingerprint density at radius 2 is 2.00 bits per heavy atom. The van der Waals surface area contributed by atoms with Crippen molar-refractivity contribution in [3.8, 4) is 0 Å². The van der Waals surface area contributed by atoms with Crippen LogP contribution >= 0.6 is 0 Å². The number of nitrogens with zero attached hydrogens (tertiary/aromatic N) is 3. The van der Waals surface area contributed by atoms with Crippen molar-refractivity contribution in [3.05, 3.63) is 35.2 Å². The minimum atomic E-state index is -0.855. The summed E-state index contributed by atoms with van der Waals surface area (Å²) in [5.74, 6) is 0.617. The molecule has 2 N–H and O–H groups in total. The smallest absolute Gasteiger partial charge is 0.139 e. The fourth-order valence-corrected chi connectivity index (χ4v) is 5.79. The summed E-state index contributed by atoms with van der Waals surface area (Å²) in [6, 6.07) is 0. The molecule has 5 nitrogen and oxygen atoms in total. The van der Waals surface area contributed by atoms with Crippen molar-refractivity contribution in [1.82, 2.24) is 4.90 Å². The molecule has 5 aliphatic rings. The molecule has 0 radical (unpaired) electrons. The van der Waals surface area contributed by atoms with E-state index >= 15 is 0 Å². The standard InChI is InChI=1S/C23H31N3O2/c1-22(14-27,15-28)24-18-9-10-19-21(13-18)26-20-8-3-2-6-16(20)12-17-7-4-5-11-23(17,26)25-19/h9-10,13,17,27-28H,2-8,11-12,14-15H2,1H3. The van der Waals surface area contributed by atoms with Gasteiger partial charge >= 0.3 is 0 Å². The number of aliphatic imine (C=N–C) groups is 2. The van der Waals surface area contributed by atoms with Crippen molar-refractivity contribution < 1.29 is 10.2 Å². The molecule has 150 valence electrons. The first-order valence-corrected chi connectivity index (χ1v) is 10.9. The van der Waals surface area contributed by atoms with E-state index < -0.39 is 5.54 Å². The molecule has 1 spiro atoms. The van der Waals surface area contributed by atoms with E-state index in [0.29, 0.717) is 5.92 Å². The van der Waals surface area contributed by atoms with Crippen LogP contribution in [0.25, 0.3) is 0 Å². The molecule has 0 saturated heterocycles. The van der Waals surface area contributed by atoms with Crippen molar-refractivity contribution in [1.29, 1.82) is 0 Å². The van der Waals surface area contributed by atoms with Crippen LogP contribution in [0.4, 0.5) is 0 Å². The number of fused-ring (bicyclic) bond motifs is 3. The molecule has 0 bridgehead atoms. The maximum atomic E-state index is 9.64. The Labute approximate surface area is 167 Å². The van der Waals surface area contributed by atoms with Gasteiger partial charge in [0.1, 0.15) is 11.2 Å². The summed E-state index contributed by atoms with van der Waals surface area (Å²) in [5.41, 5.74) is 5.32. The van der Waals surface area contributed by atoms with E-state index in [1.165, 1.54) is 56.3 Å². The molecule has 2 aliphatic heterocycles. The minimum absolute atomic E-state index is 0.0906. The molecule has 5 rings (SSSR count). The maximum absolute atomic E-state index is 9.64. The van der Waals surface area contributed by atoms with Gasteiger partial charge in [0.25, 0.3) is 0 Å². The maximum Gasteiger partial charge on any atom is 0.139 e. The van der Waals surface area contributed by atoms with Gasteiger partial charge in [-0.1, -0.05) is 12.0 Å². The summed E-state index contributed by atoms with van der Waals surface area (Å²) in [5, 5.41) is 19.3. The Morgan fingerprint density at radius 3 is 2.82 bits per heavy atom. The molecular weight excluding hydrogens is 350 g/mol. The van der Waals surface area contributed by atoms with E-state index in [9.17, 15) is 10.2 Å². The zero-order valence-electron chi connectivity index (χ0n) is 16.8. The number of hydrogen-bond donors (Lipinski definition) is 2. The van der Waals surface area contributed by atoms with Crippen LogP contribution in [0.5, 0.6) is 0 Å². The average Bonchev–Trinajstić information content (AvgIpc) is 3.05. The minimum Gasteiger partial charge on any atom is -0.394 e. The lowest BCUT2D eigenvalue weighted by Crippen LogP contribution is -2.53. The molecule has 2 atom stereocenters. The van der Waals surface area contributed by atoms with E-state index in [4.69, 9.17) is 4.99 Å². The monoisotopic (exact) mass is 381 g/mol. The zero-order chi connectivity index (χ0) is 19.4. The number of allylic oxidation sites excluding steroid dienone is 5. The van der Waals surface area contributed by atoms with Crippen LogP contribution in [0.1, 0.15) is 64.7 Å². The highest BCUT2D eigenvalue weighted by Crippen LogP contribution is 2.55. The van der Waals surface area contributed by atoms with Gasteiger partial charge in [-0.3, -0.25) is 9.98 Å². The Bertz CT molecular complexity index is 831. The van der Waals surface area contributed by atoms with Gasteiger partial charge in [0.05, 0.1) is 30.3 Å². The number of aliphatic hydroxyl groups is 2. The second-order valence-electron chi connectivity index (χ2n) is 9.33. The van der Waals surface area contributed by atoms with E-state index in [1.54, 1.807) is 12.5 Å². The molecule has 2 unspecified atom stereocenters. The molecule has 1 fully saturated rings. The highest BCUT2D eigenvalue weighted by Gasteiger charge is 2.55. The van der Waals surface area contributed by atoms with Crippen LogP contribution in [0.3, 0.4) is 0 Å². The van der Waals surface area contributed by atoms with Gasteiger partial charge in [-0.2, -0.15) is 0 Å². The fourth-order valence-electron chi connectivity index (χ4n) is 5.79. The van der Waals surface area contributed by atoms with Crippen LogP contribution in [0, 0.1) is 5.92 Å². The van der Waals surface area contributed by atoms with E-state index in [0.717, 1.165) is 24.3 Å². The normalized spacial score (nSPS) is 33.2. The van der Waals surface area contributed by atoms with Crippen LogP contribution in [-0.2, 0) is 0 Å². The first kappa shape index (κ1) is 18.3. The first-order chi connectivity index (χ1) is 13.6. The van der Waals surface area contributed by atoms with Crippen molar-refractivity contribution in [2.75, 3.05) is 13.2 Å². The molecule has 2 heterocycles. The molecule has 3 aliphatic carbocycles. The lowest BCUT2D eigenvalue weighted by atomic mass is 9.70. The third kappa shape index (κ3) is 2.66. The predicted octanol–water partition coefficient (Wildman–Crippen LogP) is 3.50. The lowest BCUT2D eigenvalue weighted by Gasteiger charge is -2.52. The molecule has 28 heavy (non-hydrogen) atoms. The Morgan fingerprint density at radius 1 is 1.18 bits per heavy atom. The van der Waals surface area contributed by atoms with Crippen LogP contribution in [-0.4, -0.2) is 51.0 Å². The Hall–Kier alpha value is -1.72. The van der Waals surface area contributed by atoms with Crippen LogP contribution in [0.15, 0.2) is 45.2 Å². The van der Waals surface area contributed by atoms with Gasteiger partial charge in [0, 0.05) is 11.6 Å². The summed E-state index contributed by atoms with van der Waals surface area (Å²) in [6.07, 6.45) is 17.4. The highest BCUT2D eigenvalue weighted by molar-refractivity contribution is 6.22. The van der Waals surface area contributed by atoms with E-state index in [1.807, 2.05) is 6.08 Å². The van der Waals surface area contributed by atoms with Gasteiger partial charge in [-0.15, -0.1) is 0 Å². The Kier molecular flexibility index (Phi) is 4.36. The molecule has 5 heteroatoms. The van der Waals surface area contributed by atoms with E-state index in [-0.39, 0.29) is 18.9 Å². The molecule has 1 saturated carbocycles. The molecular formula is C23H31N3O2. The number of hydrogen-bond acceptors (Lipinski definition) is 5. The quantitative estimate of drug-likeness (QED) is 0.735. The Balaban J connectivity index is 1.61. The van der Waals surface area contributed by atoms with Crippen LogP contribution < -0.4 is 0 Å². The van der Waals surface area contributed by atoms with Gasteiger partial charge in [0.2, 0.25) is 0 Å². The second kappa shape index (κ2) is 6.67. The number of rotatable bonds is 3. The van der Waals surface area contributed by atoms with Crippen molar-refractivity contribution in [2.24, 2.45) is 15.9 Å². The van der Waals surface area contributed by atoms with Gasteiger partial charge in [-0.05, 0) is 76.5 Å². The van der Waals surface area contributed by atoms with Gasteiger partial charge in [0.15, 0.2) is 0 Å². The molecule has 0 aromatic rings. The third-order valence-corrected chi connectivity index (χ3v) is 7.30. The first-order valence-electron chi connectivity index (χ1n) is 10.9.